The van der Waals surface area contributed by atoms with Gasteiger partial charge in [-0.25, -0.2) is 9.78 Å². The number of aryl methyl sites for hydroxylation is 1. The van der Waals surface area contributed by atoms with Crippen molar-refractivity contribution in [3.8, 4) is 0 Å². The Bertz CT molecular complexity index is 552. The van der Waals surface area contributed by atoms with Gasteiger partial charge < -0.3 is 9.64 Å². The van der Waals surface area contributed by atoms with E-state index < -0.39 is 0 Å². The molecule has 3 heterocycles. The van der Waals surface area contributed by atoms with Crippen LogP contribution in [0, 0.1) is 6.92 Å². The second kappa shape index (κ2) is 8.30. The number of nitrogens with zero attached hydrogens (tertiary/aromatic N) is 3. The highest BCUT2D eigenvalue weighted by Crippen LogP contribution is 2.30. The van der Waals surface area contributed by atoms with Crippen molar-refractivity contribution in [3.05, 3.63) is 10.6 Å². The largest absolute Gasteiger partial charge is 0.462 e. The zero-order valence-corrected chi connectivity index (χ0v) is 15.7. The van der Waals surface area contributed by atoms with E-state index in [-0.39, 0.29) is 5.97 Å². The molecule has 0 aliphatic carbocycles. The molecule has 2 fully saturated rings. The van der Waals surface area contributed by atoms with Gasteiger partial charge in [-0.15, -0.1) is 0 Å². The van der Waals surface area contributed by atoms with Crippen LogP contribution in [0.3, 0.4) is 0 Å². The Morgan fingerprint density at radius 3 is 2.67 bits per heavy atom. The average Bonchev–Trinajstić information content (AvgIpc) is 2.81. The highest BCUT2D eigenvalue weighted by atomic mass is 32.1. The fourth-order valence-corrected chi connectivity index (χ4v) is 4.79. The highest BCUT2D eigenvalue weighted by molar-refractivity contribution is 7.17. The maximum Gasteiger partial charge on any atom is 0.350 e. The first-order valence-corrected chi connectivity index (χ1v) is 10.1. The molecule has 2 saturated heterocycles. The molecule has 1 atom stereocenters. The molecule has 1 unspecified atom stereocenters. The van der Waals surface area contributed by atoms with Crippen molar-refractivity contribution in [2.75, 3.05) is 37.7 Å². The monoisotopic (exact) mass is 351 g/mol. The average molecular weight is 352 g/mol. The lowest BCUT2D eigenvalue weighted by molar-refractivity contribution is 0.0531. The summed E-state index contributed by atoms with van der Waals surface area (Å²) in [7, 11) is 0. The number of rotatable bonds is 4. The van der Waals surface area contributed by atoms with Gasteiger partial charge in [-0.05, 0) is 52.6 Å². The molecule has 0 saturated carbocycles. The van der Waals surface area contributed by atoms with Gasteiger partial charge in [-0.1, -0.05) is 24.2 Å². The first-order valence-electron chi connectivity index (χ1n) is 9.32. The normalized spacial score (nSPS) is 23.1. The van der Waals surface area contributed by atoms with Crippen LogP contribution >= 0.6 is 11.3 Å². The fraction of sp³-hybridized carbons (Fsp3) is 0.778. The van der Waals surface area contributed by atoms with Crippen LogP contribution in [0.25, 0.3) is 0 Å². The first-order chi connectivity index (χ1) is 11.7. The second-order valence-electron chi connectivity index (χ2n) is 6.82. The Kier molecular flexibility index (Phi) is 6.11. The van der Waals surface area contributed by atoms with E-state index in [1.54, 1.807) is 0 Å². The van der Waals surface area contributed by atoms with Gasteiger partial charge in [0, 0.05) is 19.1 Å². The topological polar surface area (TPSA) is 45.7 Å². The summed E-state index contributed by atoms with van der Waals surface area (Å²) in [6.07, 6.45) is 7.91. The maximum absolute atomic E-state index is 12.0. The molecular weight excluding hydrogens is 322 g/mol. The number of likely N-dealkylation sites (tertiary alicyclic amines) is 1. The van der Waals surface area contributed by atoms with Crippen molar-refractivity contribution in [2.24, 2.45) is 0 Å². The number of esters is 1. The molecule has 0 aromatic carbocycles. The Morgan fingerprint density at radius 1 is 1.21 bits per heavy atom. The molecule has 0 amide bonds. The molecular formula is C18H29N3O2S. The number of hydrogen-bond donors (Lipinski definition) is 0. The molecule has 134 valence electrons. The van der Waals surface area contributed by atoms with E-state index in [2.05, 4.69) is 14.8 Å². The Hall–Kier alpha value is -1.14. The summed E-state index contributed by atoms with van der Waals surface area (Å²) < 4.78 is 5.14. The molecule has 2 aliphatic rings. The SMILES string of the molecule is CCOC(=O)c1sc(N2CCCC(N3CCCCCC3)C2)nc1C. The minimum Gasteiger partial charge on any atom is -0.462 e. The third-order valence-corrected chi connectivity index (χ3v) is 6.27. The van der Waals surface area contributed by atoms with E-state index in [9.17, 15) is 4.79 Å². The van der Waals surface area contributed by atoms with E-state index in [0.717, 1.165) is 23.9 Å². The van der Waals surface area contributed by atoms with Gasteiger partial charge in [0.15, 0.2) is 5.13 Å². The quantitative estimate of drug-likeness (QED) is 0.777. The van der Waals surface area contributed by atoms with Crippen molar-refractivity contribution in [2.45, 2.75) is 58.4 Å². The van der Waals surface area contributed by atoms with Crippen molar-refractivity contribution in [3.63, 3.8) is 0 Å². The molecule has 1 aromatic heterocycles. The van der Waals surface area contributed by atoms with Crippen LogP contribution in [-0.4, -0.2) is 54.7 Å². The maximum atomic E-state index is 12.0. The zero-order chi connectivity index (χ0) is 16.9. The Balaban J connectivity index is 1.68. The summed E-state index contributed by atoms with van der Waals surface area (Å²) in [5.74, 6) is -0.236. The molecule has 3 rings (SSSR count). The van der Waals surface area contributed by atoms with Crippen LogP contribution in [0.2, 0.25) is 0 Å². The molecule has 1 aromatic rings. The van der Waals surface area contributed by atoms with Crippen LogP contribution in [0.5, 0.6) is 0 Å². The number of hydrogen-bond acceptors (Lipinski definition) is 6. The molecule has 5 nitrogen and oxygen atoms in total. The molecule has 2 aliphatic heterocycles. The van der Waals surface area contributed by atoms with E-state index in [1.807, 2.05) is 13.8 Å². The predicted molar refractivity (Wildman–Crippen MR) is 98.1 cm³/mol. The molecule has 6 heteroatoms. The number of anilines is 1. The number of carbonyl (C=O) groups is 1. The van der Waals surface area contributed by atoms with Crippen molar-refractivity contribution in [1.82, 2.24) is 9.88 Å². The smallest absolute Gasteiger partial charge is 0.350 e. The number of aromatic nitrogens is 1. The van der Waals surface area contributed by atoms with E-state index in [4.69, 9.17) is 4.74 Å². The van der Waals surface area contributed by atoms with Crippen LogP contribution in [0.15, 0.2) is 0 Å². The van der Waals surface area contributed by atoms with Gasteiger partial charge in [0.25, 0.3) is 0 Å². The van der Waals surface area contributed by atoms with Crippen LogP contribution in [0.4, 0.5) is 5.13 Å². The van der Waals surface area contributed by atoms with Gasteiger partial charge >= 0.3 is 5.97 Å². The summed E-state index contributed by atoms with van der Waals surface area (Å²) >= 11 is 1.49. The number of piperidine rings is 1. The van der Waals surface area contributed by atoms with Crippen molar-refractivity contribution in [1.29, 1.82) is 0 Å². The van der Waals surface area contributed by atoms with Crippen LogP contribution in [-0.2, 0) is 4.74 Å². The highest BCUT2D eigenvalue weighted by Gasteiger charge is 2.28. The number of ether oxygens (including phenoxy) is 1. The van der Waals surface area contributed by atoms with Crippen molar-refractivity contribution >= 4 is 22.4 Å². The van der Waals surface area contributed by atoms with E-state index in [1.165, 1.54) is 63.0 Å². The van der Waals surface area contributed by atoms with E-state index >= 15 is 0 Å². The lowest BCUT2D eigenvalue weighted by atomic mass is 10.0. The molecule has 0 N–H and O–H groups in total. The summed E-state index contributed by atoms with van der Waals surface area (Å²) in [6, 6.07) is 0.632. The third-order valence-electron chi connectivity index (χ3n) is 5.07. The lowest BCUT2D eigenvalue weighted by Gasteiger charge is -2.39. The second-order valence-corrected chi connectivity index (χ2v) is 7.80. The van der Waals surface area contributed by atoms with E-state index in [0.29, 0.717) is 17.5 Å². The summed E-state index contributed by atoms with van der Waals surface area (Å²) in [4.78, 5) is 22.4. The Labute approximate surface area is 149 Å². The standard InChI is InChI=1S/C18H29N3O2S/c1-3-23-17(22)16-14(2)19-18(24-16)21-12-8-9-15(13-21)20-10-6-4-5-7-11-20/h15H,3-13H2,1-2H3. The van der Waals surface area contributed by atoms with Crippen LogP contribution in [0.1, 0.15) is 60.8 Å². The molecule has 0 radical (unpaired) electrons. The Morgan fingerprint density at radius 2 is 1.96 bits per heavy atom. The zero-order valence-electron chi connectivity index (χ0n) is 14.9. The van der Waals surface area contributed by atoms with Gasteiger partial charge in [0.05, 0.1) is 12.3 Å². The first kappa shape index (κ1) is 17.7. The molecule has 24 heavy (non-hydrogen) atoms. The van der Waals surface area contributed by atoms with Gasteiger partial charge in [0.1, 0.15) is 4.88 Å². The number of thiazole rings is 1. The van der Waals surface area contributed by atoms with Crippen LogP contribution < -0.4 is 4.90 Å². The fourth-order valence-electron chi connectivity index (χ4n) is 3.79. The minimum atomic E-state index is -0.236. The summed E-state index contributed by atoms with van der Waals surface area (Å²) in [5.41, 5.74) is 0.797. The lowest BCUT2D eigenvalue weighted by Crippen LogP contribution is -2.48. The molecule has 0 bridgehead atoms. The third kappa shape index (κ3) is 4.09. The van der Waals surface area contributed by atoms with Gasteiger partial charge in [0.2, 0.25) is 0 Å². The summed E-state index contributed by atoms with van der Waals surface area (Å²) in [6.45, 7) is 8.71. The summed E-state index contributed by atoms with van der Waals surface area (Å²) in [5, 5.41) is 0.982. The molecule has 0 spiro atoms. The number of carbonyl (C=O) groups excluding carboxylic acids is 1. The minimum absolute atomic E-state index is 0.236. The van der Waals surface area contributed by atoms with Crippen molar-refractivity contribution < 1.29 is 9.53 Å². The predicted octanol–water partition coefficient (Wildman–Crippen LogP) is 3.47. The van der Waals surface area contributed by atoms with Gasteiger partial charge in [-0.2, -0.15) is 0 Å². The van der Waals surface area contributed by atoms with Gasteiger partial charge in [-0.3, -0.25) is 4.90 Å².